The fraction of sp³-hybridized carbons (Fsp3) is 0.714. The number of hydrogen-bond donors (Lipinski definition) is 1. The van der Waals surface area contributed by atoms with Gasteiger partial charge in [-0.2, -0.15) is 0 Å². The van der Waals surface area contributed by atoms with Crippen molar-refractivity contribution >= 4 is 11.3 Å². The zero-order valence-corrected chi connectivity index (χ0v) is 11.7. The Morgan fingerprint density at radius 3 is 3.06 bits per heavy atom. The Morgan fingerprint density at radius 1 is 1.47 bits per heavy atom. The highest BCUT2D eigenvalue weighted by molar-refractivity contribution is 7.11. The van der Waals surface area contributed by atoms with Crippen LogP contribution in [0.1, 0.15) is 42.4 Å². The van der Waals surface area contributed by atoms with Gasteiger partial charge < -0.3 is 10.1 Å². The van der Waals surface area contributed by atoms with E-state index in [-0.39, 0.29) is 0 Å². The SMILES string of the molecule is CCCC1CC(NCc2ccc(C)s2)CCO1. The molecule has 0 aliphatic carbocycles. The van der Waals surface area contributed by atoms with Crippen molar-refractivity contribution in [3.63, 3.8) is 0 Å². The van der Waals surface area contributed by atoms with Gasteiger partial charge in [-0.25, -0.2) is 0 Å². The molecule has 3 heteroatoms. The minimum Gasteiger partial charge on any atom is -0.378 e. The molecule has 1 aromatic rings. The number of hydrogen-bond acceptors (Lipinski definition) is 3. The van der Waals surface area contributed by atoms with E-state index < -0.39 is 0 Å². The van der Waals surface area contributed by atoms with Gasteiger partial charge in [-0.1, -0.05) is 13.3 Å². The first-order valence-corrected chi connectivity index (χ1v) is 7.50. The highest BCUT2D eigenvalue weighted by Crippen LogP contribution is 2.19. The number of rotatable bonds is 5. The van der Waals surface area contributed by atoms with E-state index >= 15 is 0 Å². The molecule has 17 heavy (non-hydrogen) atoms. The van der Waals surface area contributed by atoms with Crippen LogP contribution in [-0.2, 0) is 11.3 Å². The van der Waals surface area contributed by atoms with Gasteiger partial charge in [0.1, 0.15) is 0 Å². The van der Waals surface area contributed by atoms with E-state index in [9.17, 15) is 0 Å². The predicted molar refractivity (Wildman–Crippen MR) is 73.6 cm³/mol. The van der Waals surface area contributed by atoms with Crippen molar-refractivity contribution in [1.29, 1.82) is 0 Å². The third-order valence-electron chi connectivity index (χ3n) is 3.34. The molecule has 1 fully saturated rings. The van der Waals surface area contributed by atoms with Crippen molar-refractivity contribution in [3.05, 3.63) is 21.9 Å². The van der Waals surface area contributed by atoms with Crippen molar-refractivity contribution in [3.8, 4) is 0 Å². The minimum absolute atomic E-state index is 0.483. The summed E-state index contributed by atoms with van der Waals surface area (Å²) in [5, 5.41) is 3.67. The maximum absolute atomic E-state index is 5.77. The Morgan fingerprint density at radius 2 is 2.35 bits per heavy atom. The second kappa shape index (κ2) is 6.53. The van der Waals surface area contributed by atoms with E-state index in [2.05, 4.69) is 31.3 Å². The summed E-state index contributed by atoms with van der Waals surface area (Å²) in [5.41, 5.74) is 0. The molecule has 0 amide bonds. The fourth-order valence-corrected chi connectivity index (χ4v) is 3.26. The normalized spacial score (nSPS) is 25.1. The van der Waals surface area contributed by atoms with E-state index in [1.807, 2.05) is 11.3 Å². The molecule has 2 rings (SSSR count). The summed E-state index contributed by atoms with van der Waals surface area (Å²) < 4.78 is 5.77. The molecule has 2 heterocycles. The molecule has 1 aliphatic rings. The molecular formula is C14H23NOS. The van der Waals surface area contributed by atoms with Crippen LogP contribution in [0, 0.1) is 6.92 Å². The van der Waals surface area contributed by atoms with Crippen LogP contribution in [0.25, 0.3) is 0 Å². The van der Waals surface area contributed by atoms with E-state index in [4.69, 9.17) is 4.74 Å². The first-order valence-electron chi connectivity index (χ1n) is 6.68. The summed E-state index contributed by atoms with van der Waals surface area (Å²) in [6.45, 7) is 6.34. The number of aryl methyl sites for hydroxylation is 1. The lowest BCUT2D eigenvalue weighted by Crippen LogP contribution is -2.38. The number of thiophene rings is 1. The smallest absolute Gasteiger partial charge is 0.0589 e. The lowest BCUT2D eigenvalue weighted by atomic mass is 10.0. The average Bonchev–Trinajstić information content (AvgIpc) is 2.74. The van der Waals surface area contributed by atoms with Crippen molar-refractivity contribution < 1.29 is 4.74 Å². The number of ether oxygens (including phenoxy) is 1. The van der Waals surface area contributed by atoms with Gasteiger partial charge in [0, 0.05) is 28.9 Å². The first-order chi connectivity index (χ1) is 8.28. The Bertz CT molecular complexity index is 335. The minimum atomic E-state index is 0.483. The summed E-state index contributed by atoms with van der Waals surface area (Å²) in [7, 11) is 0. The van der Waals surface area contributed by atoms with Gasteiger partial charge in [0.25, 0.3) is 0 Å². The average molecular weight is 253 g/mol. The molecule has 2 nitrogen and oxygen atoms in total. The molecule has 0 bridgehead atoms. The lowest BCUT2D eigenvalue weighted by molar-refractivity contribution is -0.00338. The Hall–Kier alpha value is -0.380. The molecule has 1 N–H and O–H groups in total. The molecule has 0 spiro atoms. The van der Waals surface area contributed by atoms with Gasteiger partial charge in [0.2, 0.25) is 0 Å². The Labute approximate surface area is 108 Å². The zero-order chi connectivity index (χ0) is 12.1. The van der Waals surface area contributed by atoms with Gasteiger partial charge in [-0.05, 0) is 38.3 Å². The third kappa shape index (κ3) is 4.09. The lowest BCUT2D eigenvalue weighted by Gasteiger charge is -2.30. The van der Waals surface area contributed by atoms with E-state index in [0.29, 0.717) is 12.1 Å². The highest BCUT2D eigenvalue weighted by Gasteiger charge is 2.21. The first kappa shape index (κ1) is 13.1. The summed E-state index contributed by atoms with van der Waals surface area (Å²) in [5.74, 6) is 0. The molecule has 1 saturated heterocycles. The molecule has 0 aromatic carbocycles. The quantitative estimate of drug-likeness (QED) is 0.867. The van der Waals surface area contributed by atoms with Gasteiger partial charge in [-0.3, -0.25) is 0 Å². The van der Waals surface area contributed by atoms with Crippen LogP contribution in [0.2, 0.25) is 0 Å². The second-order valence-corrected chi connectivity index (χ2v) is 6.27. The Kier molecular flexibility index (Phi) is 5.01. The van der Waals surface area contributed by atoms with Gasteiger partial charge >= 0.3 is 0 Å². The van der Waals surface area contributed by atoms with Crippen molar-refractivity contribution in [2.45, 2.75) is 58.2 Å². The molecule has 0 radical (unpaired) electrons. The van der Waals surface area contributed by atoms with Crippen LogP contribution < -0.4 is 5.32 Å². The zero-order valence-electron chi connectivity index (χ0n) is 10.9. The van der Waals surface area contributed by atoms with Crippen LogP contribution in [0.15, 0.2) is 12.1 Å². The summed E-state index contributed by atoms with van der Waals surface area (Å²) >= 11 is 1.89. The summed E-state index contributed by atoms with van der Waals surface area (Å²) in [6, 6.07) is 5.07. The van der Waals surface area contributed by atoms with Gasteiger partial charge in [0.15, 0.2) is 0 Å². The highest BCUT2D eigenvalue weighted by atomic mass is 32.1. The van der Waals surface area contributed by atoms with Crippen molar-refractivity contribution in [1.82, 2.24) is 5.32 Å². The molecule has 0 saturated carbocycles. The monoisotopic (exact) mass is 253 g/mol. The largest absolute Gasteiger partial charge is 0.378 e. The van der Waals surface area contributed by atoms with Crippen LogP contribution in [-0.4, -0.2) is 18.8 Å². The van der Waals surface area contributed by atoms with E-state index in [0.717, 1.165) is 19.6 Å². The fourth-order valence-electron chi connectivity index (χ4n) is 2.41. The maximum Gasteiger partial charge on any atom is 0.0589 e. The van der Waals surface area contributed by atoms with Crippen molar-refractivity contribution in [2.75, 3.05) is 6.61 Å². The van der Waals surface area contributed by atoms with Crippen LogP contribution in [0.3, 0.4) is 0 Å². The van der Waals surface area contributed by atoms with Gasteiger partial charge in [-0.15, -0.1) is 11.3 Å². The molecule has 96 valence electrons. The van der Waals surface area contributed by atoms with Gasteiger partial charge in [0.05, 0.1) is 6.10 Å². The van der Waals surface area contributed by atoms with Crippen LogP contribution >= 0.6 is 11.3 Å². The molecule has 1 aromatic heterocycles. The number of nitrogens with one attached hydrogen (secondary N) is 1. The molecule has 2 unspecified atom stereocenters. The van der Waals surface area contributed by atoms with Crippen LogP contribution in [0.5, 0.6) is 0 Å². The molecule has 1 aliphatic heterocycles. The topological polar surface area (TPSA) is 21.3 Å². The van der Waals surface area contributed by atoms with Crippen molar-refractivity contribution in [2.24, 2.45) is 0 Å². The standard InChI is InChI=1S/C14H23NOS/c1-3-4-13-9-12(7-8-16-13)15-10-14-6-5-11(2)17-14/h5-6,12-13,15H,3-4,7-10H2,1-2H3. The van der Waals surface area contributed by atoms with Crippen LogP contribution in [0.4, 0.5) is 0 Å². The second-order valence-electron chi connectivity index (χ2n) is 4.90. The third-order valence-corrected chi connectivity index (χ3v) is 4.34. The maximum atomic E-state index is 5.77. The summed E-state index contributed by atoms with van der Waals surface area (Å²) in [4.78, 5) is 2.85. The predicted octanol–water partition coefficient (Wildman–Crippen LogP) is 3.49. The molecular weight excluding hydrogens is 230 g/mol. The van der Waals surface area contributed by atoms with E-state index in [1.54, 1.807) is 0 Å². The molecule has 2 atom stereocenters. The van der Waals surface area contributed by atoms with E-state index in [1.165, 1.54) is 29.0 Å². The Balaban J connectivity index is 1.75. The summed E-state index contributed by atoms with van der Waals surface area (Å²) in [6.07, 6.45) is 5.25.